The molecular weight excluding hydrogens is 534 g/mol. The minimum atomic E-state index is -0.474. The van der Waals surface area contributed by atoms with E-state index in [0.717, 1.165) is 41.0 Å². The molecule has 3 aromatic carbocycles. The van der Waals surface area contributed by atoms with Gasteiger partial charge in [-0.1, -0.05) is 47.5 Å². The quantitative estimate of drug-likeness (QED) is 0.251. The first-order chi connectivity index (χ1) is 17.8. The van der Waals surface area contributed by atoms with Crippen LogP contribution in [0.25, 0.3) is 6.08 Å². The van der Waals surface area contributed by atoms with E-state index >= 15 is 0 Å². The Labute approximate surface area is 229 Å². The van der Waals surface area contributed by atoms with Crippen LogP contribution in [0, 0.1) is 5.82 Å². The molecule has 0 aliphatic carbocycles. The Morgan fingerprint density at radius 3 is 2.46 bits per heavy atom. The molecule has 1 heterocycles. The third kappa shape index (κ3) is 6.29. The third-order valence-electron chi connectivity index (χ3n) is 5.97. The standard InChI is InChI=1S/C28H25Cl2FN2O3S/c1-3-32(4-2)22-12-10-18(25(15-22)36-17-20-9-11-21(29)14-23(20)30)13-26-27(34)33(28(35)37-26)16-19-7-5-6-8-24(19)31/h5-15H,3-4,16-17H2,1-2H3/b26-13+. The summed E-state index contributed by atoms with van der Waals surface area (Å²) in [5, 5.41) is 0.571. The van der Waals surface area contributed by atoms with E-state index in [0.29, 0.717) is 21.4 Å². The molecule has 0 spiro atoms. The van der Waals surface area contributed by atoms with E-state index in [1.54, 1.807) is 42.5 Å². The van der Waals surface area contributed by atoms with Crippen molar-refractivity contribution in [2.75, 3.05) is 18.0 Å². The summed E-state index contributed by atoms with van der Waals surface area (Å²) < 4.78 is 20.3. The molecule has 0 aromatic heterocycles. The van der Waals surface area contributed by atoms with E-state index in [1.165, 1.54) is 6.07 Å². The van der Waals surface area contributed by atoms with Crippen molar-refractivity contribution in [1.82, 2.24) is 4.90 Å². The Hall–Kier alpha value is -3.00. The molecule has 9 heteroatoms. The molecule has 192 valence electrons. The first kappa shape index (κ1) is 27.0. The van der Waals surface area contributed by atoms with Crippen molar-refractivity contribution in [3.8, 4) is 5.75 Å². The molecule has 0 bridgehead atoms. The van der Waals surface area contributed by atoms with E-state index in [4.69, 9.17) is 27.9 Å². The molecular formula is C28H25Cl2FN2O3S. The van der Waals surface area contributed by atoms with Crippen LogP contribution >= 0.6 is 35.0 Å². The number of thioether (sulfide) groups is 1. The fourth-order valence-electron chi connectivity index (χ4n) is 3.92. The number of carbonyl (C=O) groups excluding carboxylic acids is 2. The van der Waals surface area contributed by atoms with Gasteiger partial charge in [0.05, 0.1) is 11.4 Å². The monoisotopic (exact) mass is 558 g/mol. The van der Waals surface area contributed by atoms with Crippen LogP contribution in [0.2, 0.25) is 10.0 Å². The van der Waals surface area contributed by atoms with E-state index in [1.807, 2.05) is 18.2 Å². The van der Waals surface area contributed by atoms with Gasteiger partial charge in [-0.25, -0.2) is 4.39 Å². The van der Waals surface area contributed by atoms with Gasteiger partial charge in [-0.05, 0) is 62.0 Å². The highest BCUT2D eigenvalue weighted by molar-refractivity contribution is 8.18. The predicted molar refractivity (Wildman–Crippen MR) is 149 cm³/mol. The van der Waals surface area contributed by atoms with E-state index < -0.39 is 17.0 Å². The zero-order valence-corrected chi connectivity index (χ0v) is 22.7. The first-order valence-electron chi connectivity index (χ1n) is 11.7. The van der Waals surface area contributed by atoms with Gasteiger partial charge < -0.3 is 9.64 Å². The summed E-state index contributed by atoms with van der Waals surface area (Å²) in [6.07, 6.45) is 1.64. The summed E-state index contributed by atoms with van der Waals surface area (Å²) in [7, 11) is 0. The number of carbonyl (C=O) groups is 2. The number of anilines is 1. The van der Waals surface area contributed by atoms with Gasteiger partial charge >= 0.3 is 0 Å². The average Bonchev–Trinajstić information content (AvgIpc) is 3.14. The second-order valence-corrected chi connectivity index (χ2v) is 10.1. The summed E-state index contributed by atoms with van der Waals surface area (Å²) in [6, 6.07) is 17.0. The normalized spacial score (nSPS) is 14.5. The van der Waals surface area contributed by atoms with Crippen LogP contribution in [-0.4, -0.2) is 29.1 Å². The van der Waals surface area contributed by atoms with Crippen molar-refractivity contribution >= 4 is 57.9 Å². The zero-order chi connectivity index (χ0) is 26.5. The maximum atomic E-state index is 14.1. The Kier molecular flexibility index (Phi) is 8.79. The van der Waals surface area contributed by atoms with Crippen LogP contribution in [0.15, 0.2) is 65.6 Å². The molecule has 4 rings (SSSR count). The number of hydrogen-bond donors (Lipinski definition) is 0. The summed E-state index contributed by atoms with van der Waals surface area (Å²) in [6.45, 7) is 5.82. The van der Waals surface area contributed by atoms with Crippen molar-refractivity contribution in [2.45, 2.75) is 27.0 Å². The highest BCUT2D eigenvalue weighted by atomic mass is 35.5. The molecule has 0 unspecified atom stereocenters. The van der Waals surface area contributed by atoms with E-state index in [2.05, 4.69) is 18.7 Å². The molecule has 5 nitrogen and oxygen atoms in total. The number of halogens is 3. The van der Waals surface area contributed by atoms with Gasteiger partial charge in [0.25, 0.3) is 11.1 Å². The van der Waals surface area contributed by atoms with Gasteiger partial charge in [-0.3, -0.25) is 14.5 Å². The molecule has 3 aromatic rings. The molecule has 1 aliphatic heterocycles. The molecule has 37 heavy (non-hydrogen) atoms. The van der Waals surface area contributed by atoms with Gasteiger partial charge in [0.15, 0.2) is 0 Å². The molecule has 0 radical (unpaired) electrons. The molecule has 1 aliphatic rings. The number of imide groups is 1. The van der Waals surface area contributed by atoms with Crippen molar-refractivity contribution in [1.29, 1.82) is 0 Å². The lowest BCUT2D eigenvalue weighted by Gasteiger charge is -2.22. The second kappa shape index (κ2) is 12.0. The van der Waals surface area contributed by atoms with E-state index in [9.17, 15) is 14.0 Å². The lowest BCUT2D eigenvalue weighted by Crippen LogP contribution is -2.27. The molecule has 1 fully saturated rings. The Bertz CT molecular complexity index is 1360. The predicted octanol–water partition coefficient (Wildman–Crippen LogP) is 7.79. The fraction of sp³-hybridized carbons (Fsp3) is 0.214. The lowest BCUT2D eigenvalue weighted by atomic mass is 10.1. The second-order valence-electron chi connectivity index (χ2n) is 8.28. The molecule has 0 N–H and O–H groups in total. The van der Waals surface area contributed by atoms with Gasteiger partial charge in [0.1, 0.15) is 18.2 Å². The minimum absolute atomic E-state index is 0.131. The van der Waals surface area contributed by atoms with Crippen LogP contribution in [0.4, 0.5) is 14.9 Å². The van der Waals surface area contributed by atoms with Gasteiger partial charge in [0, 0.05) is 51.6 Å². The highest BCUT2D eigenvalue weighted by Gasteiger charge is 2.35. The Morgan fingerprint density at radius 2 is 1.76 bits per heavy atom. The smallest absolute Gasteiger partial charge is 0.293 e. The summed E-state index contributed by atoms with van der Waals surface area (Å²) in [4.78, 5) is 29.2. The highest BCUT2D eigenvalue weighted by Crippen LogP contribution is 2.36. The summed E-state index contributed by atoms with van der Waals surface area (Å²) in [5.41, 5.74) is 2.64. The van der Waals surface area contributed by atoms with Crippen LogP contribution < -0.4 is 9.64 Å². The number of ether oxygens (including phenoxy) is 1. The SMILES string of the molecule is CCN(CC)c1ccc(/C=C2/SC(=O)N(Cc3ccccc3F)C2=O)c(OCc2ccc(Cl)cc2Cl)c1. The largest absolute Gasteiger partial charge is 0.488 e. The van der Waals surface area contributed by atoms with Crippen LogP contribution in [-0.2, 0) is 17.9 Å². The maximum Gasteiger partial charge on any atom is 0.293 e. The van der Waals surface area contributed by atoms with Crippen molar-refractivity contribution in [3.05, 3.63) is 98.1 Å². The fourth-order valence-corrected chi connectivity index (χ4v) is 5.21. The molecule has 2 amide bonds. The molecule has 0 atom stereocenters. The number of benzene rings is 3. The Morgan fingerprint density at radius 1 is 1.00 bits per heavy atom. The van der Waals surface area contributed by atoms with Crippen molar-refractivity contribution in [2.24, 2.45) is 0 Å². The zero-order valence-electron chi connectivity index (χ0n) is 20.3. The number of rotatable bonds is 9. The topological polar surface area (TPSA) is 49.9 Å². The Balaban J connectivity index is 1.63. The van der Waals surface area contributed by atoms with Crippen LogP contribution in [0.1, 0.15) is 30.5 Å². The van der Waals surface area contributed by atoms with Crippen LogP contribution in [0.5, 0.6) is 5.75 Å². The third-order valence-corrected chi connectivity index (χ3v) is 7.46. The average molecular weight is 559 g/mol. The van der Waals surface area contributed by atoms with Crippen molar-refractivity contribution in [3.63, 3.8) is 0 Å². The van der Waals surface area contributed by atoms with Crippen molar-refractivity contribution < 1.29 is 18.7 Å². The number of nitrogens with zero attached hydrogens (tertiary/aromatic N) is 2. The molecule has 1 saturated heterocycles. The number of amides is 2. The first-order valence-corrected chi connectivity index (χ1v) is 13.3. The summed E-state index contributed by atoms with van der Waals surface area (Å²) in [5.74, 6) is -0.400. The van der Waals surface area contributed by atoms with Crippen LogP contribution in [0.3, 0.4) is 0 Å². The van der Waals surface area contributed by atoms with Gasteiger partial charge in [0.2, 0.25) is 0 Å². The summed E-state index contributed by atoms with van der Waals surface area (Å²) >= 11 is 13.2. The molecule has 0 saturated carbocycles. The number of hydrogen-bond acceptors (Lipinski definition) is 5. The van der Waals surface area contributed by atoms with E-state index in [-0.39, 0.29) is 23.6 Å². The maximum absolute atomic E-state index is 14.1. The van der Waals surface area contributed by atoms with Gasteiger partial charge in [-0.2, -0.15) is 0 Å². The minimum Gasteiger partial charge on any atom is -0.488 e. The van der Waals surface area contributed by atoms with Gasteiger partial charge in [-0.15, -0.1) is 0 Å². The lowest BCUT2D eigenvalue weighted by molar-refractivity contribution is -0.123.